The van der Waals surface area contributed by atoms with Gasteiger partial charge in [-0.05, 0) is 47.5 Å². The lowest BCUT2D eigenvalue weighted by Crippen LogP contribution is -2.05. The fourth-order valence-corrected chi connectivity index (χ4v) is 2.95. The number of phenolic OH excluding ortho intramolecular Hbond substituents is 1. The minimum Gasteiger partial charge on any atom is -0.508 e. The largest absolute Gasteiger partial charge is 0.508 e. The van der Waals surface area contributed by atoms with Crippen LogP contribution in [-0.2, 0) is 6.61 Å². The summed E-state index contributed by atoms with van der Waals surface area (Å²) in [7, 11) is 0. The Hall–Kier alpha value is -4.06. The molecule has 6 nitrogen and oxygen atoms in total. The van der Waals surface area contributed by atoms with Crippen LogP contribution < -0.4 is 10.2 Å². The summed E-state index contributed by atoms with van der Waals surface area (Å²) >= 11 is 0. The van der Waals surface area contributed by atoms with Gasteiger partial charge in [0.25, 0.3) is 0 Å². The van der Waals surface area contributed by atoms with Crippen molar-refractivity contribution in [2.45, 2.75) is 6.61 Å². The summed E-state index contributed by atoms with van der Waals surface area (Å²) < 4.78 is 11.4. The van der Waals surface area contributed by atoms with Crippen molar-refractivity contribution in [1.82, 2.24) is 0 Å². The van der Waals surface area contributed by atoms with Crippen molar-refractivity contribution < 1.29 is 24.2 Å². The van der Waals surface area contributed by atoms with Crippen LogP contribution in [0.5, 0.6) is 11.5 Å². The summed E-state index contributed by atoms with van der Waals surface area (Å²) in [6, 6.07) is 17.7. The van der Waals surface area contributed by atoms with Gasteiger partial charge in [-0.15, -0.1) is 0 Å². The summed E-state index contributed by atoms with van der Waals surface area (Å²) in [6.07, 6.45) is 1.39. The number of hydrogen-bond acceptors (Lipinski definition) is 5. The van der Waals surface area contributed by atoms with Crippen molar-refractivity contribution in [2.75, 3.05) is 0 Å². The van der Waals surface area contributed by atoms with Gasteiger partial charge >= 0.3 is 5.97 Å². The van der Waals surface area contributed by atoms with Crippen LogP contribution in [0, 0.1) is 0 Å². The highest BCUT2D eigenvalue weighted by Gasteiger charge is 2.10. The second-order valence-corrected chi connectivity index (χ2v) is 6.47. The molecule has 3 aromatic carbocycles. The summed E-state index contributed by atoms with van der Waals surface area (Å²) in [6.45, 7) is 0.251. The standard InChI is InChI=1S/C23H16O6/c24-17-7-5-15(6-8-17)20-13-29-21-11-18(9-10-19(21)22(20)25)28-12-14-1-3-16(4-2-14)23(26)27/h1-11,13,24H,12H2,(H,26,27). The second-order valence-electron chi connectivity index (χ2n) is 6.47. The number of aromatic carboxylic acids is 1. The molecule has 144 valence electrons. The summed E-state index contributed by atoms with van der Waals surface area (Å²) in [4.78, 5) is 23.7. The first-order valence-corrected chi connectivity index (χ1v) is 8.81. The average molecular weight is 388 g/mol. The molecule has 0 spiro atoms. The monoisotopic (exact) mass is 388 g/mol. The molecule has 0 unspecified atom stereocenters. The molecule has 2 N–H and O–H groups in total. The van der Waals surface area contributed by atoms with E-state index in [1.54, 1.807) is 42.5 Å². The minimum atomic E-state index is -0.978. The zero-order valence-corrected chi connectivity index (χ0v) is 15.2. The van der Waals surface area contributed by atoms with Crippen LogP contribution in [0.25, 0.3) is 22.1 Å². The average Bonchev–Trinajstić information content (AvgIpc) is 2.73. The van der Waals surface area contributed by atoms with Crippen LogP contribution in [0.3, 0.4) is 0 Å². The van der Waals surface area contributed by atoms with Crippen molar-refractivity contribution in [3.63, 3.8) is 0 Å². The molecule has 6 heteroatoms. The van der Waals surface area contributed by atoms with E-state index in [-0.39, 0.29) is 23.3 Å². The molecule has 0 aliphatic rings. The van der Waals surface area contributed by atoms with Gasteiger partial charge in [0.2, 0.25) is 0 Å². The molecular formula is C23H16O6. The third-order valence-electron chi connectivity index (χ3n) is 4.53. The highest BCUT2D eigenvalue weighted by Crippen LogP contribution is 2.24. The smallest absolute Gasteiger partial charge is 0.335 e. The maximum Gasteiger partial charge on any atom is 0.335 e. The van der Waals surface area contributed by atoms with Crippen LogP contribution in [0.1, 0.15) is 15.9 Å². The molecule has 0 aliphatic carbocycles. The van der Waals surface area contributed by atoms with E-state index in [0.29, 0.717) is 27.8 Å². The van der Waals surface area contributed by atoms with E-state index in [1.807, 2.05) is 0 Å². The van der Waals surface area contributed by atoms with Crippen LogP contribution >= 0.6 is 0 Å². The van der Waals surface area contributed by atoms with Gasteiger partial charge in [-0.2, -0.15) is 0 Å². The SMILES string of the molecule is O=C(O)c1ccc(COc2ccc3c(=O)c(-c4ccc(O)cc4)coc3c2)cc1. The summed E-state index contributed by atoms with van der Waals surface area (Å²) in [5, 5.41) is 18.8. The number of hydrogen-bond donors (Lipinski definition) is 2. The number of carboxylic acids is 1. The van der Waals surface area contributed by atoms with Crippen LogP contribution in [0.2, 0.25) is 0 Å². The van der Waals surface area contributed by atoms with Crippen molar-refractivity contribution in [3.8, 4) is 22.6 Å². The van der Waals surface area contributed by atoms with Gasteiger partial charge in [0.1, 0.15) is 30.0 Å². The molecule has 1 aromatic heterocycles. The first-order valence-electron chi connectivity index (χ1n) is 8.81. The molecule has 0 fully saturated rings. The molecular weight excluding hydrogens is 372 g/mol. The lowest BCUT2D eigenvalue weighted by Gasteiger charge is -2.08. The van der Waals surface area contributed by atoms with Gasteiger partial charge in [0.05, 0.1) is 16.5 Å². The Kier molecular flexibility index (Phi) is 4.75. The zero-order valence-electron chi connectivity index (χ0n) is 15.2. The maximum absolute atomic E-state index is 12.8. The van der Waals surface area contributed by atoms with Gasteiger partial charge in [-0.3, -0.25) is 4.79 Å². The molecule has 0 atom stereocenters. The van der Waals surface area contributed by atoms with Crippen molar-refractivity contribution in [2.24, 2.45) is 0 Å². The lowest BCUT2D eigenvalue weighted by molar-refractivity contribution is 0.0697. The quantitative estimate of drug-likeness (QED) is 0.525. The van der Waals surface area contributed by atoms with Crippen molar-refractivity contribution in [3.05, 3.63) is 94.3 Å². The third-order valence-corrected chi connectivity index (χ3v) is 4.53. The number of phenols is 1. The zero-order chi connectivity index (χ0) is 20.4. The Bertz CT molecular complexity index is 1240. The first-order chi connectivity index (χ1) is 14.0. The van der Waals surface area contributed by atoms with Gasteiger partial charge in [-0.25, -0.2) is 4.79 Å². The normalized spacial score (nSPS) is 10.8. The molecule has 0 saturated heterocycles. The Morgan fingerprint density at radius 3 is 2.38 bits per heavy atom. The highest BCUT2D eigenvalue weighted by atomic mass is 16.5. The maximum atomic E-state index is 12.8. The van der Waals surface area contributed by atoms with E-state index in [1.165, 1.54) is 30.5 Å². The van der Waals surface area contributed by atoms with Gasteiger partial charge in [-0.1, -0.05) is 24.3 Å². The van der Waals surface area contributed by atoms with Crippen LogP contribution in [-0.4, -0.2) is 16.2 Å². The van der Waals surface area contributed by atoms with Crippen molar-refractivity contribution in [1.29, 1.82) is 0 Å². The summed E-state index contributed by atoms with van der Waals surface area (Å²) in [5.74, 6) is -0.327. The Morgan fingerprint density at radius 2 is 1.69 bits per heavy atom. The van der Waals surface area contributed by atoms with Gasteiger partial charge in [0.15, 0.2) is 5.43 Å². The topological polar surface area (TPSA) is 97.0 Å². The van der Waals surface area contributed by atoms with E-state index in [0.717, 1.165) is 5.56 Å². The van der Waals surface area contributed by atoms with Crippen molar-refractivity contribution >= 4 is 16.9 Å². The minimum absolute atomic E-state index is 0.123. The van der Waals surface area contributed by atoms with E-state index in [9.17, 15) is 14.7 Å². The fraction of sp³-hybridized carbons (Fsp3) is 0.0435. The number of rotatable bonds is 5. The molecule has 0 aliphatic heterocycles. The van der Waals surface area contributed by atoms with E-state index in [4.69, 9.17) is 14.3 Å². The first kappa shape index (κ1) is 18.3. The van der Waals surface area contributed by atoms with E-state index < -0.39 is 5.97 Å². The lowest BCUT2D eigenvalue weighted by atomic mass is 10.1. The summed E-state index contributed by atoms with van der Waals surface area (Å²) in [5.41, 5.74) is 2.32. The Labute approximate surface area is 165 Å². The predicted octanol–water partition coefficient (Wildman–Crippen LogP) is 4.44. The molecule has 0 bridgehead atoms. The van der Waals surface area contributed by atoms with Gasteiger partial charge < -0.3 is 19.4 Å². The van der Waals surface area contributed by atoms with Crippen LogP contribution in [0.4, 0.5) is 0 Å². The molecule has 4 rings (SSSR count). The number of fused-ring (bicyclic) bond motifs is 1. The second kappa shape index (κ2) is 7.52. The molecule has 29 heavy (non-hydrogen) atoms. The fourth-order valence-electron chi connectivity index (χ4n) is 2.95. The number of ether oxygens (including phenoxy) is 1. The van der Waals surface area contributed by atoms with E-state index in [2.05, 4.69) is 0 Å². The number of benzene rings is 3. The number of carbonyl (C=O) groups is 1. The molecule has 4 aromatic rings. The molecule has 1 heterocycles. The third kappa shape index (κ3) is 3.82. The van der Waals surface area contributed by atoms with Gasteiger partial charge in [0, 0.05) is 6.07 Å². The highest BCUT2D eigenvalue weighted by molar-refractivity contribution is 5.87. The number of carboxylic acid groups (broad SMARTS) is 1. The Morgan fingerprint density at radius 1 is 0.966 bits per heavy atom. The number of aromatic hydroxyl groups is 1. The van der Waals surface area contributed by atoms with Crippen LogP contribution in [0.15, 0.2) is 82.2 Å². The molecule has 0 radical (unpaired) electrons. The predicted molar refractivity (Wildman–Crippen MR) is 107 cm³/mol. The molecule has 0 amide bonds. The molecule has 0 saturated carbocycles. The Balaban J connectivity index is 1.56. The van der Waals surface area contributed by atoms with E-state index >= 15 is 0 Å².